The maximum absolute atomic E-state index is 12.6. The zero-order valence-electron chi connectivity index (χ0n) is 19.1. The van der Waals surface area contributed by atoms with Gasteiger partial charge in [-0.1, -0.05) is 18.2 Å². The molecule has 0 spiro atoms. The number of methoxy groups -OCH3 is 5. The summed E-state index contributed by atoms with van der Waals surface area (Å²) >= 11 is 0. The van der Waals surface area contributed by atoms with Crippen molar-refractivity contribution in [3.8, 4) is 34.1 Å². The van der Waals surface area contributed by atoms with Crippen LogP contribution in [0.15, 0.2) is 42.7 Å². The maximum atomic E-state index is 12.6. The van der Waals surface area contributed by atoms with E-state index in [1.165, 1.54) is 7.11 Å². The summed E-state index contributed by atoms with van der Waals surface area (Å²) in [5, 5.41) is 0. The number of nitrogens with zero attached hydrogens (tertiary/aromatic N) is 1. The van der Waals surface area contributed by atoms with Crippen LogP contribution in [0.25, 0.3) is 11.1 Å². The van der Waals surface area contributed by atoms with Gasteiger partial charge in [-0.15, -0.1) is 0 Å². The Balaban J connectivity index is 2.29. The summed E-state index contributed by atoms with van der Waals surface area (Å²) in [6.45, 7) is 1.94. The number of pyridine rings is 1. The minimum absolute atomic E-state index is 0.417. The molecule has 7 nitrogen and oxygen atoms in total. The van der Waals surface area contributed by atoms with Gasteiger partial charge in [-0.3, -0.25) is 4.98 Å². The second-order valence-electron chi connectivity index (χ2n) is 6.99. The molecule has 0 aliphatic carbocycles. The van der Waals surface area contributed by atoms with Gasteiger partial charge in [0.1, 0.15) is 0 Å². The van der Waals surface area contributed by atoms with Gasteiger partial charge in [-0.2, -0.15) is 0 Å². The average Bonchev–Trinajstić information content (AvgIpc) is 2.84. The first-order valence-electron chi connectivity index (χ1n) is 9.98. The fourth-order valence-electron chi connectivity index (χ4n) is 3.94. The molecule has 0 aliphatic rings. The fraction of sp³-hybridized carbons (Fsp3) is 0.280. The number of aromatic nitrogens is 1. The van der Waals surface area contributed by atoms with Crippen LogP contribution in [0.4, 0.5) is 0 Å². The molecule has 0 aliphatic heterocycles. The molecule has 2 aromatic carbocycles. The van der Waals surface area contributed by atoms with E-state index in [-0.39, 0.29) is 0 Å². The standard InChI is InChI=1S/C25H27NO6/c1-15-19(22(29-3)24(31-5)23(30-4)21(15)28-2)13-16-9-7-11-18(25(27)32-6)20(16)17-10-8-12-26-14-17/h7-12,14H,13H2,1-6H3. The quantitative estimate of drug-likeness (QED) is 0.481. The van der Waals surface area contributed by atoms with Gasteiger partial charge in [0, 0.05) is 41.1 Å². The molecule has 0 saturated heterocycles. The van der Waals surface area contributed by atoms with Crippen LogP contribution in [0.3, 0.4) is 0 Å². The minimum Gasteiger partial charge on any atom is -0.492 e. The first-order valence-corrected chi connectivity index (χ1v) is 9.98. The molecule has 0 N–H and O–H groups in total. The second-order valence-corrected chi connectivity index (χ2v) is 6.99. The van der Waals surface area contributed by atoms with Crippen LogP contribution in [0.1, 0.15) is 27.0 Å². The van der Waals surface area contributed by atoms with Crippen molar-refractivity contribution in [2.24, 2.45) is 0 Å². The molecule has 3 aromatic rings. The summed E-state index contributed by atoms with van der Waals surface area (Å²) in [5.74, 6) is 1.60. The highest BCUT2D eigenvalue weighted by atomic mass is 16.5. The van der Waals surface area contributed by atoms with E-state index >= 15 is 0 Å². The molecule has 32 heavy (non-hydrogen) atoms. The van der Waals surface area contributed by atoms with E-state index in [2.05, 4.69) is 4.98 Å². The normalized spacial score (nSPS) is 10.4. The SMILES string of the molecule is COC(=O)c1cccc(Cc2c(C)c(OC)c(OC)c(OC)c2OC)c1-c1cccnc1. The van der Waals surface area contributed by atoms with E-state index in [0.717, 1.165) is 27.8 Å². The monoisotopic (exact) mass is 437 g/mol. The number of hydrogen-bond donors (Lipinski definition) is 0. The van der Waals surface area contributed by atoms with E-state index in [4.69, 9.17) is 23.7 Å². The van der Waals surface area contributed by atoms with Crippen molar-refractivity contribution in [3.05, 3.63) is 65.0 Å². The van der Waals surface area contributed by atoms with Gasteiger partial charge in [0.05, 0.1) is 41.1 Å². The number of carbonyl (C=O) groups is 1. The van der Waals surface area contributed by atoms with Crippen LogP contribution in [-0.4, -0.2) is 46.5 Å². The Morgan fingerprint density at radius 2 is 1.50 bits per heavy atom. The summed E-state index contributed by atoms with van der Waals surface area (Å²) in [6, 6.07) is 9.30. The van der Waals surface area contributed by atoms with Crippen molar-refractivity contribution < 1.29 is 28.5 Å². The molecule has 0 radical (unpaired) electrons. The second kappa shape index (κ2) is 10.0. The first-order chi connectivity index (χ1) is 15.5. The van der Waals surface area contributed by atoms with Gasteiger partial charge in [0.25, 0.3) is 0 Å². The molecule has 0 fully saturated rings. The molecule has 0 saturated carbocycles. The summed E-state index contributed by atoms with van der Waals surface area (Å²) in [7, 11) is 7.64. The zero-order valence-corrected chi connectivity index (χ0v) is 19.1. The largest absolute Gasteiger partial charge is 0.492 e. The summed E-state index contributed by atoms with van der Waals surface area (Å²) in [4.78, 5) is 16.8. The highest BCUT2D eigenvalue weighted by Crippen LogP contribution is 2.50. The Kier molecular flexibility index (Phi) is 7.20. The van der Waals surface area contributed by atoms with Gasteiger partial charge >= 0.3 is 5.97 Å². The molecule has 0 amide bonds. The van der Waals surface area contributed by atoms with E-state index in [1.54, 1.807) is 46.9 Å². The van der Waals surface area contributed by atoms with Crippen LogP contribution in [0.5, 0.6) is 23.0 Å². The average molecular weight is 437 g/mol. The van der Waals surface area contributed by atoms with Gasteiger partial charge in [-0.05, 0) is 24.6 Å². The molecule has 168 valence electrons. The zero-order chi connectivity index (χ0) is 23.3. The molecular formula is C25H27NO6. The first kappa shape index (κ1) is 22.9. The lowest BCUT2D eigenvalue weighted by atomic mass is 9.89. The number of carbonyl (C=O) groups excluding carboxylic acids is 1. The summed E-state index contributed by atoms with van der Waals surface area (Å²) in [5.41, 5.74) is 4.63. The van der Waals surface area contributed by atoms with E-state index in [0.29, 0.717) is 35.0 Å². The Bertz CT molecular complexity index is 1110. The Hall–Kier alpha value is -3.74. The Labute approximate surface area is 187 Å². The van der Waals surface area contributed by atoms with E-state index in [1.807, 2.05) is 31.2 Å². The third-order valence-electron chi connectivity index (χ3n) is 5.38. The number of ether oxygens (including phenoxy) is 5. The molecule has 0 unspecified atom stereocenters. The van der Waals surface area contributed by atoms with Crippen LogP contribution in [0, 0.1) is 6.92 Å². The predicted molar refractivity (Wildman–Crippen MR) is 121 cm³/mol. The number of benzene rings is 2. The lowest BCUT2D eigenvalue weighted by molar-refractivity contribution is 0.0601. The lowest BCUT2D eigenvalue weighted by Crippen LogP contribution is -2.08. The van der Waals surface area contributed by atoms with Crippen molar-refractivity contribution in [1.82, 2.24) is 4.98 Å². The van der Waals surface area contributed by atoms with Crippen molar-refractivity contribution in [2.45, 2.75) is 13.3 Å². The molecule has 1 heterocycles. The van der Waals surface area contributed by atoms with Gasteiger partial charge in [0.2, 0.25) is 11.5 Å². The summed E-state index contributed by atoms with van der Waals surface area (Å²) < 4.78 is 27.6. The van der Waals surface area contributed by atoms with Gasteiger partial charge in [0.15, 0.2) is 11.5 Å². The third kappa shape index (κ3) is 4.06. The number of esters is 1. The van der Waals surface area contributed by atoms with Crippen molar-refractivity contribution in [3.63, 3.8) is 0 Å². The topological polar surface area (TPSA) is 76.1 Å². The fourth-order valence-corrected chi connectivity index (χ4v) is 3.94. The molecule has 0 bridgehead atoms. The van der Waals surface area contributed by atoms with Crippen LogP contribution >= 0.6 is 0 Å². The van der Waals surface area contributed by atoms with Gasteiger partial charge in [-0.25, -0.2) is 4.79 Å². The van der Waals surface area contributed by atoms with Crippen molar-refractivity contribution >= 4 is 5.97 Å². The predicted octanol–water partition coefficient (Wildman–Crippen LogP) is 4.47. The highest BCUT2D eigenvalue weighted by Gasteiger charge is 2.27. The third-order valence-corrected chi connectivity index (χ3v) is 5.38. The molecule has 7 heteroatoms. The van der Waals surface area contributed by atoms with E-state index < -0.39 is 5.97 Å². The Morgan fingerprint density at radius 3 is 2.06 bits per heavy atom. The molecular weight excluding hydrogens is 410 g/mol. The van der Waals surface area contributed by atoms with Gasteiger partial charge < -0.3 is 23.7 Å². The number of hydrogen-bond acceptors (Lipinski definition) is 7. The lowest BCUT2D eigenvalue weighted by Gasteiger charge is -2.22. The molecule has 1 aromatic heterocycles. The maximum Gasteiger partial charge on any atom is 0.338 e. The highest BCUT2D eigenvalue weighted by molar-refractivity contribution is 5.98. The van der Waals surface area contributed by atoms with Crippen LogP contribution in [0.2, 0.25) is 0 Å². The number of rotatable bonds is 8. The van der Waals surface area contributed by atoms with E-state index in [9.17, 15) is 4.79 Å². The van der Waals surface area contributed by atoms with Crippen molar-refractivity contribution in [2.75, 3.05) is 35.5 Å². The van der Waals surface area contributed by atoms with Crippen LogP contribution in [-0.2, 0) is 11.2 Å². The summed E-state index contributed by atoms with van der Waals surface area (Å²) in [6.07, 6.45) is 3.86. The van der Waals surface area contributed by atoms with Crippen molar-refractivity contribution in [1.29, 1.82) is 0 Å². The minimum atomic E-state index is -0.417. The molecule has 3 rings (SSSR count). The Morgan fingerprint density at radius 1 is 0.844 bits per heavy atom. The molecule has 0 atom stereocenters. The smallest absolute Gasteiger partial charge is 0.338 e. The van der Waals surface area contributed by atoms with Crippen LogP contribution < -0.4 is 18.9 Å².